The van der Waals surface area contributed by atoms with Gasteiger partial charge in [0.1, 0.15) is 5.83 Å². The van der Waals surface area contributed by atoms with Crippen LogP contribution in [0.2, 0.25) is 0 Å². The van der Waals surface area contributed by atoms with E-state index < -0.39 is 11.5 Å². The number of halogens is 1. The van der Waals surface area contributed by atoms with E-state index in [2.05, 4.69) is 0 Å². The van der Waals surface area contributed by atoms with Crippen LogP contribution in [0.15, 0.2) is 24.1 Å². The van der Waals surface area contributed by atoms with Crippen molar-refractivity contribution in [2.45, 2.75) is 19.4 Å². The Kier molecular flexibility index (Phi) is 1.65. The largest absolute Gasteiger partial charge is 0.385 e. The van der Waals surface area contributed by atoms with Gasteiger partial charge in [-0.05, 0) is 13.0 Å². The van der Waals surface area contributed by atoms with E-state index in [1.807, 2.05) is 0 Å². The molecule has 1 aliphatic carbocycles. The summed E-state index contributed by atoms with van der Waals surface area (Å²) in [6.07, 6.45) is 4.51. The van der Waals surface area contributed by atoms with Gasteiger partial charge in [0, 0.05) is 5.92 Å². The Morgan fingerprint density at radius 2 is 2.30 bits per heavy atom. The third kappa shape index (κ3) is 1.12. The average Bonchev–Trinajstić information content (AvgIpc) is 1.83. The van der Waals surface area contributed by atoms with Crippen molar-refractivity contribution in [3.63, 3.8) is 0 Å². The lowest BCUT2D eigenvalue weighted by Gasteiger charge is -2.27. The van der Waals surface area contributed by atoms with Crippen LogP contribution < -0.4 is 0 Å². The molecule has 0 fully saturated rings. The van der Waals surface area contributed by atoms with Crippen LogP contribution in [0, 0.1) is 5.92 Å². The van der Waals surface area contributed by atoms with Crippen LogP contribution in [0.4, 0.5) is 4.39 Å². The summed E-state index contributed by atoms with van der Waals surface area (Å²) < 4.78 is 12.7. The van der Waals surface area contributed by atoms with Gasteiger partial charge in [0.25, 0.3) is 0 Å². The Hall–Kier alpha value is -0.630. The molecule has 1 N–H and O–H groups in total. The first kappa shape index (κ1) is 7.48. The Morgan fingerprint density at radius 3 is 2.70 bits per heavy atom. The van der Waals surface area contributed by atoms with E-state index in [-0.39, 0.29) is 5.83 Å². The molecular formula is C8H11FO. The van der Waals surface area contributed by atoms with E-state index in [0.717, 1.165) is 0 Å². The second kappa shape index (κ2) is 2.20. The number of hydrogen-bond donors (Lipinski definition) is 1. The maximum absolute atomic E-state index is 12.7. The number of aliphatic hydroxyl groups is 1. The van der Waals surface area contributed by atoms with Gasteiger partial charge in [-0.1, -0.05) is 19.1 Å². The minimum atomic E-state index is -1.02. The monoisotopic (exact) mass is 142 g/mol. The second-order valence-corrected chi connectivity index (χ2v) is 2.86. The van der Waals surface area contributed by atoms with E-state index in [9.17, 15) is 9.50 Å². The molecule has 0 heterocycles. The van der Waals surface area contributed by atoms with Crippen LogP contribution in [0.5, 0.6) is 0 Å². The molecular weight excluding hydrogens is 131 g/mol. The molecule has 0 aromatic carbocycles. The third-order valence-electron chi connectivity index (χ3n) is 1.98. The Labute approximate surface area is 59.9 Å². The summed E-state index contributed by atoms with van der Waals surface area (Å²) in [6.45, 7) is 3.26. The van der Waals surface area contributed by atoms with Crippen molar-refractivity contribution in [3.8, 4) is 0 Å². The molecule has 0 radical (unpaired) electrons. The molecule has 0 saturated carbocycles. The summed E-state index contributed by atoms with van der Waals surface area (Å²) in [5.74, 6) is -0.676. The fourth-order valence-electron chi connectivity index (χ4n) is 0.903. The molecule has 0 aromatic heterocycles. The molecule has 10 heavy (non-hydrogen) atoms. The van der Waals surface area contributed by atoms with Crippen molar-refractivity contribution in [2.24, 2.45) is 5.92 Å². The molecule has 2 unspecified atom stereocenters. The van der Waals surface area contributed by atoms with E-state index in [0.29, 0.717) is 0 Å². The van der Waals surface area contributed by atoms with Gasteiger partial charge >= 0.3 is 0 Å². The first-order chi connectivity index (χ1) is 4.54. The van der Waals surface area contributed by atoms with Crippen molar-refractivity contribution in [3.05, 3.63) is 24.1 Å². The van der Waals surface area contributed by atoms with Crippen molar-refractivity contribution in [1.29, 1.82) is 0 Å². The van der Waals surface area contributed by atoms with Crippen LogP contribution in [0.1, 0.15) is 13.8 Å². The number of rotatable bonds is 0. The highest BCUT2D eigenvalue weighted by molar-refractivity contribution is 5.23. The Morgan fingerprint density at radius 1 is 1.70 bits per heavy atom. The normalized spacial score (nSPS) is 39.6. The molecule has 56 valence electrons. The first-order valence-electron chi connectivity index (χ1n) is 3.31. The molecule has 1 nitrogen and oxygen atoms in total. The molecule has 0 bridgehead atoms. The van der Waals surface area contributed by atoms with Gasteiger partial charge in [-0.25, -0.2) is 4.39 Å². The summed E-state index contributed by atoms with van der Waals surface area (Å²) >= 11 is 0. The highest BCUT2D eigenvalue weighted by atomic mass is 19.1. The summed E-state index contributed by atoms with van der Waals surface area (Å²) in [5, 5.41) is 9.45. The number of hydrogen-bond acceptors (Lipinski definition) is 1. The van der Waals surface area contributed by atoms with Crippen LogP contribution in [-0.4, -0.2) is 10.7 Å². The minimum Gasteiger partial charge on any atom is -0.385 e. The van der Waals surface area contributed by atoms with Gasteiger partial charge in [-0.2, -0.15) is 0 Å². The van der Waals surface area contributed by atoms with Crippen molar-refractivity contribution in [1.82, 2.24) is 0 Å². The summed E-state index contributed by atoms with van der Waals surface area (Å²) in [5.41, 5.74) is -1.02. The zero-order chi connectivity index (χ0) is 7.78. The predicted octanol–water partition coefficient (Wildman–Crippen LogP) is 1.80. The summed E-state index contributed by atoms with van der Waals surface area (Å²) in [6, 6.07) is 0. The molecule has 0 amide bonds. The fourth-order valence-corrected chi connectivity index (χ4v) is 0.903. The molecule has 0 aromatic rings. The first-order valence-corrected chi connectivity index (χ1v) is 3.31. The molecule has 0 aliphatic heterocycles. The van der Waals surface area contributed by atoms with E-state index in [1.165, 1.54) is 12.2 Å². The van der Waals surface area contributed by atoms with Gasteiger partial charge in [0.05, 0.1) is 5.60 Å². The number of allylic oxidation sites excluding steroid dienone is 2. The lowest BCUT2D eigenvalue weighted by molar-refractivity contribution is 0.0586. The van der Waals surface area contributed by atoms with Crippen LogP contribution in [-0.2, 0) is 0 Å². The average molecular weight is 142 g/mol. The predicted molar refractivity (Wildman–Crippen MR) is 38.1 cm³/mol. The van der Waals surface area contributed by atoms with Crippen molar-refractivity contribution >= 4 is 0 Å². The molecule has 0 spiro atoms. The standard InChI is InChI=1S/C8H11FO/c1-6-7(9)4-3-5-8(6,2)10/h3-6,10H,1-2H3. The van der Waals surface area contributed by atoms with Gasteiger partial charge in [-0.15, -0.1) is 0 Å². The maximum atomic E-state index is 12.7. The maximum Gasteiger partial charge on any atom is 0.106 e. The second-order valence-electron chi connectivity index (χ2n) is 2.86. The SMILES string of the molecule is CC1C(F)=CC=CC1(C)O. The Balaban J connectivity index is 2.89. The van der Waals surface area contributed by atoms with Crippen LogP contribution in [0.25, 0.3) is 0 Å². The fraction of sp³-hybridized carbons (Fsp3) is 0.500. The quantitative estimate of drug-likeness (QED) is 0.546. The van der Waals surface area contributed by atoms with Crippen LogP contribution in [0.3, 0.4) is 0 Å². The topological polar surface area (TPSA) is 20.2 Å². The molecule has 0 saturated heterocycles. The molecule has 1 aliphatic rings. The van der Waals surface area contributed by atoms with E-state index in [1.54, 1.807) is 19.9 Å². The minimum absolute atomic E-state index is 0.257. The van der Waals surface area contributed by atoms with Crippen molar-refractivity contribution < 1.29 is 9.50 Å². The zero-order valence-electron chi connectivity index (χ0n) is 6.13. The van der Waals surface area contributed by atoms with Crippen molar-refractivity contribution in [2.75, 3.05) is 0 Å². The van der Waals surface area contributed by atoms with E-state index in [4.69, 9.17) is 0 Å². The molecule has 2 heteroatoms. The lowest BCUT2D eigenvalue weighted by atomic mass is 9.86. The summed E-state index contributed by atoms with van der Waals surface area (Å²) in [7, 11) is 0. The Bertz CT molecular complexity index is 191. The smallest absolute Gasteiger partial charge is 0.106 e. The van der Waals surface area contributed by atoms with Crippen LogP contribution >= 0.6 is 0 Å². The van der Waals surface area contributed by atoms with Gasteiger partial charge in [0.2, 0.25) is 0 Å². The van der Waals surface area contributed by atoms with Gasteiger partial charge in [0.15, 0.2) is 0 Å². The van der Waals surface area contributed by atoms with Gasteiger partial charge < -0.3 is 5.11 Å². The molecule has 1 rings (SSSR count). The summed E-state index contributed by atoms with van der Waals surface area (Å²) in [4.78, 5) is 0. The highest BCUT2D eigenvalue weighted by Gasteiger charge is 2.30. The van der Waals surface area contributed by atoms with E-state index >= 15 is 0 Å². The third-order valence-corrected chi connectivity index (χ3v) is 1.98. The zero-order valence-corrected chi connectivity index (χ0v) is 6.13. The lowest BCUT2D eigenvalue weighted by Crippen LogP contribution is -2.32. The highest BCUT2D eigenvalue weighted by Crippen LogP contribution is 2.29. The van der Waals surface area contributed by atoms with Gasteiger partial charge in [-0.3, -0.25) is 0 Å². The molecule has 2 atom stereocenters.